The lowest BCUT2D eigenvalue weighted by Gasteiger charge is -2.35. The third-order valence-electron chi connectivity index (χ3n) is 6.74. The summed E-state index contributed by atoms with van der Waals surface area (Å²) < 4.78 is 29.5. The second-order valence-electron chi connectivity index (χ2n) is 9.51. The molecule has 0 fully saturated rings. The van der Waals surface area contributed by atoms with Crippen LogP contribution in [0, 0.1) is 5.82 Å². The first-order chi connectivity index (χ1) is 19.8. The summed E-state index contributed by atoms with van der Waals surface area (Å²) in [5.41, 5.74) is 3.62. The van der Waals surface area contributed by atoms with Gasteiger partial charge in [0.2, 0.25) is 0 Å². The van der Waals surface area contributed by atoms with Gasteiger partial charge in [0.1, 0.15) is 36.1 Å². The van der Waals surface area contributed by atoms with Crippen molar-refractivity contribution in [3.63, 3.8) is 0 Å². The van der Waals surface area contributed by atoms with Crippen molar-refractivity contribution in [1.82, 2.24) is 15.2 Å². The standard InChI is InChI=1S/C30H29ClFN3O6/c1-2-39-29(37)33-16-21(36)17-40-22-8-3-18(4-9-22)28-27-24(25-15-19(31)5-12-26(25)34-27)13-14-35(28)30(38)41-23-10-6-20(32)7-11-23/h3-12,15,21,28,34,36H,2,13-14,16-17H2,1H3,(H,33,37)/t21?,28-/m0/s1. The van der Waals surface area contributed by atoms with Crippen LogP contribution < -0.4 is 14.8 Å². The van der Waals surface area contributed by atoms with E-state index in [9.17, 15) is 19.1 Å². The molecule has 11 heteroatoms. The van der Waals surface area contributed by atoms with Crippen LogP contribution in [0.1, 0.15) is 29.8 Å². The topological polar surface area (TPSA) is 113 Å². The number of aliphatic hydroxyl groups is 1. The van der Waals surface area contributed by atoms with Gasteiger partial charge in [0.15, 0.2) is 0 Å². The fourth-order valence-electron chi connectivity index (χ4n) is 4.85. The fraction of sp³-hybridized carbons (Fsp3) is 0.267. The lowest BCUT2D eigenvalue weighted by molar-refractivity contribution is 0.0991. The first kappa shape index (κ1) is 28.3. The van der Waals surface area contributed by atoms with Gasteiger partial charge in [-0.25, -0.2) is 14.0 Å². The van der Waals surface area contributed by atoms with Gasteiger partial charge in [-0.2, -0.15) is 0 Å². The number of carbonyl (C=O) groups excluding carboxylic acids is 2. The highest BCUT2D eigenvalue weighted by Crippen LogP contribution is 2.40. The number of ether oxygens (including phenoxy) is 3. The highest BCUT2D eigenvalue weighted by molar-refractivity contribution is 6.31. The molecule has 3 aromatic carbocycles. The Labute approximate surface area is 240 Å². The quantitative estimate of drug-likeness (QED) is 0.250. The van der Waals surface area contributed by atoms with E-state index in [1.54, 1.807) is 24.0 Å². The smallest absolute Gasteiger partial charge is 0.416 e. The van der Waals surface area contributed by atoms with Crippen LogP contribution in [0.5, 0.6) is 11.5 Å². The zero-order chi connectivity index (χ0) is 28.9. The minimum atomic E-state index is -0.935. The van der Waals surface area contributed by atoms with Crippen LogP contribution in [0.2, 0.25) is 5.02 Å². The van der Waals surface area contributed by atoms with E-state index < -0.39 is 30.1 Å². The monoisotopic (exact) mass is 581 g/mol. The van der Waals surface area contributed by atoms with Gasteiger partial charge in [-0.15, -0.1) is 0 Å². The number of carbonyl (C=O) groups is 2. The van der Waals surface area contributed by atoms with Crippen molar-refractivity contribution < 1.29 is 33.3 Å². The number of rotatable bonds is 8. The van der Waals surface area contributed by atoms with Gasteiger partial charge in [0, 0.05) is 28.2 Å². The number of H-pyrrole nitrogens is 1. The van der Waals surface area contributed by atoms with Gasteiger partial charge in [-0.1, -0.05) is 23.7 Å². The lowest BCUT2D eigenvalue weighted by Crippen LogP contribution is -2.42. The molecule has 2 heterocycles. The Hall–Kier alpha value is -4.28. The van der Waals surface area contributed by atoms with E-state index in [2.05, 4.69) is 10.3 Å². The zero-order valence-corrected chi connectivity index (χ0v) is 23.0. The molecule has 3 N–H and O–H groups in total. The summed E-state index contributed by atoms with van der Waals surface area (Å²) in [7, 11) is 0. The molecule has 1 unspecified atom stereocenters. The van der Waals surface area contributed by atoms with Gasteiger partial charge in [-0.05, 0) is 79.1 Å². The molecule has 0 radical (unpaired) electrons. The normalized spacial score (nSPS) is 15.2. The number of aliphatic hydroxyl groups excluding tert-OH is 1. The van der Waals surface area contributed by atoms with Crippen molar-refractivity contribution in [3.8, 4) is 11.5 Å². The molecule has 2 amide bonds. The molecular weight excluding hydrogens is 553 g/mol. The number of nitrogens with one attached hydrogen (secondary N) is 2. The van der Waals surface area contributed by atoms with Gasteiger partial charge in [-0.3, -0.25) is 4.90 Å². The molecule has 0 aliphatic carbocycles. The predicted octanol–water partition coefficient (Wildman–Crippen LogP) is 5.59. The number of fused-ring (bicyclic) bond motifs is 3. The fourth-order valence-corrected chi connectivity index (χ4v) is 5.02. The average molecular weight is 582 g/mol. The van der Waals surface area contributed by atoms with Crippen LogP contribution in [0.15, 0.2) is 66.7 Å². The maximum atomic E-state index is 13.4. The molecule has 0 saturated heterocycles. The number of alkyl carbamates (subject to hydrolysis) is 1. The zero-order valence-electron chi connectivity index (χ0n) is 22.2. The number of hydrogen-bond acceptors (Lipinski definition) is 6. The van der Waals surface area contributed by atoms with Gasteiger partial charge < -0.3 is 29.6 Å². The van der Waals surface area contributed by atoms with Crippen molar-refractivity contribution >= 4 is 34.7 Å². The van der Waals surface area contributed by atoms with E-state index in [-0.39, 0.29) is 25.5 Å². The maximum absolute atomic E-state index is 13.4. The van der Waals surface area contributed by atoms with Crippen LogP contribution in [0.3, 0.4) is 0 Å². The second kappa shape index (κ2) is 12.5. The SMILES string of the molecule is CCOC(=O)NCC(O)COc1ccc([C@H]2c3[nH]c4ccc(Cl)cc4c3CCN2C(=O)Oc2ccc(F)cc2)cc1. The van der Waals surface area contributed by atoms with Gasteiger partial charge in [0.05, 0.1) is 13.2 Å². The Kier molecular flexibility index (Phi) is 8.61. The number of nitrogens with zero attached hydrogens (tertiary/aromatic N) is 1. The van der Waals surface area contributed by atoms with Crippen molar-refractivity contribution in [1.29, 1.82) is 0 Å². The molecule has 0 bridgehead atoms. The average Bonchev–Trinajstić information content (AvgIpc) is 3.34. The molecule has 1 aliphatic heterocycles. The molecule has 9 nitrogen and oxygen atoms in total. The largest absolute Gasteiger partial charge is 0.491 e. The highest BCUT2D eigenvalue weighted by atomic mass is 35.5. The number of aromatic amines is 1. The molecule has 5 rings (SSSR count). The minimum Gasteiger partial charge on any atom is -0.491 e. The number of benzene rings is 3. The van der Waals surface area contributed by atoms with Gasteiger partial charge >= 0.3 is 12.2 Å². The van der Waals surface area contributed by atoms with Crippen LogP contribution >= 0.6 is 11.6 Å². The third-order valence-corrected chi connectivity index (χ3v) is 6.97. The number of aromatic nitrogens is 1. The predicted molar refractivity (Wildman–Crippen MR) is 151 cm³/mol. The van der Waals surface area contributed by atoms with Crippen LogP contribution in [0.25, 0.3) is 10.9 Å². The van der Waals surface area contributed by atoms with E-state index in [4.69, 9.17) is 25.8 Å². The Morgan fingerprint density at radius 1 is 1.12 bits per heavy atom. The summed E-state index contributed by atoms with van der Waals surface area (Å²) in [5, 5.41) is 14.2. The Balaban J connectivity index is 1.37. The second-order valence-corrected chi connectivity index (χ2v) is 9.95. The van der Waals surface area contributed by atoms with E-state index in [1.165, 1.54) is 24.3 Å². The molecule has 1 aromatic heterocycles. The maximum Gasteiger partial charge on any atom is 0.416 e. The van der Waals surface area contributed by atoms with Crippen LogP contribution in [-0.2, 0) is 11.2 Å². The van der Waals surface area contributed by atoms with Crippen molar-refractivity contribution in [2.75, 3.05) is 26.3 Å². The first-order valence-electron chi connectivity index (χ1n) is 13.2. The summed E-state index contributed by atoms with van der Waals surface area (Å²) in [6, 6.07) is 17.6. The first-order valence-corrected chi connectivity index (χ1v) is 13.6. The van der Waals surface area contributed by atoms with Crippen molar-refractivity contribution in [2.45, 2.75) is 25.5 Å². The summed E-state index contributed by atoms with van der Waals surface area (Å²) in [6.45, 7) is 2.25. The Bertz CT molecular complexity index is 1530. The van der Waals surface area contributed by atoms with Crippen molar-refractivity contribution in [2.24, 2.45) is 0 Å². The lowest BCUT2D eigenvalue weighted by atomic mass is 9.92. The van der Waals surface area contributed by atoms with Crippen molar-refractivity contribution in [3.05, 3.63) is 94.4 Å². The van der Waals surface area contributed by atoms with Gasteiger partial charge in [0.25, 0.3) is 0 Å². The molecule has 41 heavy (non-hydrogen) atoms. The summed E-state index contributed by atoms with van der Waals surface area (Å²) in [4.78, 5) is 29.9. The summed E-state index contributed by atoms with van der Waals surface area (Å²) in [6.07, 6.45) is -1.52. The number of amides is 2. The van der Waals surface area contributed by atoms with E-state index in [0.717, 1.165) is 27.7 Å². The molecule has 0 saturated carbocycles. The third kappa shape index (κ3) is 6.55. The van der Waals surface area contributed by atoms with E-state index in [1.807, 2.05) is 30.3 Å². The molecule has 0 spiro atoms. The Morgan fingerprint density at radius 3 is 2.59 bits per heavy atom. The number of hydrogen-bond donors (Lipinski definition) is 3. The van der Waals surface area contributed by atoms with Crippen LogP contribution in [-0.4, -0.2) is 59.6 Å². The minimum absolute atomic E-state index is 0.0166. The molecule has 1 aliphatic rings. The molecule has 4 aromatic rings. The Morgan fingerprint density at radius 2 is 1.85 bits per heavy atom. The van der Waals surface area contributed by atoms with E-state index in [0.29, 0.717) is 23.7 Å². The highest BCUT2D eigenvalue weighted by Gasteiger charge is 2.35. The molecule has 2 atom stereocenters. The van der Waals surface area contributed by atoms with Crippen LogP contribution in [0.4, 0.5) is 14.0 Å². The number of halogens is 2. The molecular formula is C30H29ClFN3O6. The summed E-state index contributed by atoms with van der Waals surface area (Å²) in [5.74, 6) is 0.320. The van der Waals surface area contributed by atoms with E-state index >= 15 is 0 Å². The molecule has 214 valence electrons. The summed E-state index contributed by atoms with van der Waals surface area (Å²) >= 11 is 6.29.